The number of carbonyl (C=O) groups excluding carboxylic acids is 2. The van der Waals surface area contributed by atoms with Gasteiger partial charge >= 0.3 is 12.2 Å². The quantitative estimate of drug-likeness (QED) is 0.118. The molecule has 0 heterocycles. The largest absolute Gasteiger partial charge is 0.444 e. The van der Waals surface area contributed by atoms with Crippen LogP contribution in [-0.2, 0) is 13.9 Å². The maximum absolute atomic E-state index is 11.8. The Balaban J connectivity index is 0. The standard InChI is InChI=1S/C17H22Si.C15H33NO4Si.C9H19NO4.C4H11NO2/c1-17(2,3)18(4,15-11-7-5-8-12-15)16-13-9-6-10-14-16;1-11(17)12(16-13(18)20-14(2,3)4)10-19-21(8,9)15(5,6)7;1-6(12)7(5-11)10-8(13)14-9(2,3)4;1-3(7)4(5)2-6/h5-14H,1-4H3;11-12,17H,10H2,1-9H3,(H,16,18);6-7,11-12H,5H2,1-4H3,(H,10,13);3-4,6-7H,2,5H2,1H3/t;11-,12+;6-,7+;3-,4+/m.111/s1. The van der Waals surface area contributed by atoms with Crippen molar-refractivity contribution in [3.8, 4) is 0 Å². The topological polar surface area (TPSA) is 213 Å². The lowest BCUT2D eigenvalue weighted by molar-refractivity contribution is 0.0374. The van der Waals surface area contributed by atoms with E-state index in [0.717, 1.165) is 0 Å². The molecular formula is C45H85N3O10Si2. The lowest BCUT2D eigenvalue weighted by Crippen LogP contribution is -2.61. The molecule has 2 rings (SSSR count). The van der Waals surface area contributed by atoms with Gasteiger partial charge in [0, 0.05) is 0 Å². The van der Waals surface area contributed by atoms with E-state index >= 15 is 0 Å². The molecule has 0 bridgehead atoms. The second kappa shape index (κ2) is 25.9. The fraction of sp³-hybridized carbons (Fsp3) is 0.689. The van der Waals surface area contributed by atoms with Crippen LogP contribution in [0.25, 0.3) is 0 Å². The van der Waals surface area contributed by atoms with Gasteiger partial charge in [-0.15, -0.1) is 0 Å². The van der Waals surface area contributed by atoms with Gasteiger partial charge in [0.15, 0.2) is 8.32 Å². The molecule has 0 fully saturated rings. The normalized spacial score (nSPS) is 15.3. The van der Waals surface area contributed by atoms with Crippen LogP contribution in [0.15, 0.2) is 60.7 Å². The molecule has 0 aliphatic carbocycles. The molecule has 15 heteroatoms. The van der Waals surface area contributed by atoms with Gasteiger partial charge < -0.3 is 55.8 Å². The van der Waals surface area contributed by atoms with E-state index in [0.29, 0.717) is 5.04 Å². The van der Waals surface area contributed by atoms with E-state index in [1.807, 2.05) is 0 Å². The second-order valence-electron chi connectivity index (χ2n) is 19.9. The van der Waals surface area contributed by atoms with E-state index in [-0.39, 0.29) is 24.9 Å². The van der Waals surface area contributed by atoms with E-state index in [1.165, 1.54) is 17.3 Å². The number of benzene rings is 2. The molecule has 6 atom stereocenters. The van der Waals surface area contributed by atoms with Gasteiger partial charge in [-0.3, -0.25) is 0 Å². The van der Waals surface area contributed by atoms with Gasteiger partial charge in [-0.25, -0.2) is 9.59 Å². The zero-order valence-corrected chi connectivity index (χ0v) is 42.2. The summed E-state index contributed by atoms with van der Waals surface area (Å²) >= 11 is 0. The molecular weight excluding hydrogens is 799 g/mol. The zero-order valence-electron chi connectivity index (χ0n) is 40.2. The average molecular weight is 884 g/mol. The molecule has 0 saturated carbocycles. The van der Waals surface area contributed by atoms with Crippen molar-refractivity contribution in [3.63, 3.8) is 0 Å². The Kier molecular flexibility index (Phi) is 25.6. The van der Waals surface area contributed by atoms with Crippen LogP contribution < -0.4 is 26.7 Å². The summed E-state index contributed by atoms with van der Waals surface area (Å²) in [5.74, 6) is 0. The van der Waals surface area contributed by atoms with Gasteiger partial charge in [0.25, 0.3) is 0 Å². The fourth-order valence-electron chi connectivity index (χ4n) is 4.78. The van der Waals surface area contributed by atoms with E-state index in [4.69, 9.17) is 40.1 Å². The van der Waals surface area contributed by atoms with Crippen LogP contribution in [0.5, 0.6) is 0 Å². The highest BCUT2D eigenvalue weighted by Gasteiger charge is 2.43. The molecule has 2 aromatic rings. The Hall–Kier alpha value is -2.87. The minimum Gasteiger partial charge on any atom is -0.444 e. The Morgan fingerprint density at radius 2 is 0.950 bits per heavy atom. The third-order valence-electron chi connectivity index (χ3n) is 10.2. The Bertz CT molecular complexity index is 1430. The van der Waals surface area contributed by atoms with Crippen LogP contribution in [0.2, 0.25) is 29.7 Å². The van der Waals surface area contributed by atoms with Gasteiger partial charge in [-0.05, 0) is 85.5 Å². The minimum atomic E-state index is -1.91. The third kappa shape index (κ3) is 23.4. The Labute approximate surface area is 365 Å². The van der Waals surface area contributed by atoms with Crippen molar-refractivity contribution < 1.29 is 49.0 Å². The summed E-state index contributed by atoms with van der Waals surface area (Å²) in [6.45, 7) is 35.4. The first kappa shape index (κ1) is 59.2. The van der Waals surface area contributed by atoms with Crippen molar-refractivity contribution in [1.29, 1.82) is 0 Å². The number of nitrogens with two attached hydrogens (primary N) is 1. The Morgan fingerprint density at radius 1 is 0.600 bits per heavy atom. The number of carbonyl (C=O) groups is 2. The van der Waals surface area contributed by atoms with Crippen molar-refractivity contribution in [3.05, 3.63) is 60.7 Å². The summed E-state index contributed by atoms with van der Waals surface area (Å²) < 4.78 is 16.2. The summed E-state index contributed by atoms with van der Waals surface area (Å²) in [6, 6.07) is 20.4. The van der Waals surface area contributed by atoms with Crippen LogP contribution in [-0.4, -0.2) is 122 Å². The van der Waals surface area contributed by atoms with Crippen molar-refractivity contribution in [1.82, 2.24) is 10.6 Å². The van der Waals surface area contributed by atoms with E-state index in [9.17, 15) is 14.7 Å². The van der Waals surface area contributed by atoms with Gasteiger partial charge in [0.05, 0.1) is 56.3 Å². The maximum atomic E-state index is 11.8. The van der Waals surface area contributed by atoms with E-state index < -0.39 is 76.2 Å². The zero-order chi connectivity index (χ0) is 47.5. The fourth-order valence-corrected chi connectivity index (χ4v) is 9.59. The number of alkyl carbamates (subject to hydrolysis) is 2. The van der Waals surface area contributed by atoms with E-state index in [2.05, 4.69) is 132 Å². The van der Waals surface area contributed by atoms with Crippen molar-refractivity contribution in [2.75, 3.05) is 19.8 Å². The van der Waals surface area contributed by atoms with Gasteiger partial charge in [0.2, 0.25) is 0 Å². The van der Waals surface area contributed by atoms with Crippen LogP contribution in [0.3, 0.4) is 0 Å². The molecule has 0 unspecified atom stereocenters. The Morgan fingerprint density at radius 3 is 1.18 bits per heavy atom. The van der Waals surface area contributed by atoms with Gasteiger partial charge in [0.1, 0.15) is 19.3 Å². The number of amides is 2. The SMILES string of the molecule is CC(C)(C)[Si](C)(c1ccccc1)c1ccccc1.C[C@@H](O)[C@@H](N)CO.C[C@@H](O)[C@H](CO)NC(=O)OC(C)(C)C.C[C@@H](O)[C@H](CO[Si](C)(C)C(C)(C)C)NC(=O)OC(C)(C)C. The highest BCUT2D eigenvalue weighted by Crippen LogP contribution is 2.37. The summed E-state index contributed by atoms with van der Waals surface area (Å²) in [5.41, 5.74) is 3.97. The molecule has 0 aromatic heterocycles. The molecule has 0 aliphatic heterocycles. The molecule has 0 aliphatic rings. The molecule has 13 nitrogen and oxygen atoms in total. The van der Waals surface area contributed by atoms with Crippen LogP contribution in [0, 0.1) is 0 Å². The van der Waals surface area contributed by atoms with Crippen LogP contribution in [0.1, 0.15) is 104 Å². The second-order valence-corrected chi connectivity index (χ2v) is 29.6. The number of hydrogen-bond acceptors (Lipinski definition) is 11. The van der Waals surface area contributed by atoms with Crippen molar-refractivity contribution >= 4 is 39.0 Å². The molecule has 2 aromatic carbocycles. The first-order chi connectivity index (χ1) is 27.1. The summed E-state index contributed by atoms with van der Waals surface area (Å²) in [5, 5.41) is 53.0. The first-order valence-electron chi connectivity index (χ1n) is 20.8. The predicted octanol–water partition coefficient (Wildman–Crippen LogP) is 5.90. The van der Waals surface area contributed by atoms with Crippen molar-refractivity contribution in [2.24, 2.45) is 5.73 Å². The van der Waals surface area contributed by atoms with Crippen LogP contribution in [0.4, 0.5) is 9.59 Å². The minimum absolute atomic E-state index is 0.0855. The van der Waals surface area contributed by atoms with Crippen LogP contribution >= 0.6 is 0 Å². The van der Waals surface area contributed by atoms with Crippen molar-refractivity contribution in [2.45, 2.75) is 181 Å². The molecule has 0 radical (unpaired) electrons. The molecule has 0 saturated heterocycles. The lowest BCUT2D eigenvalue weighted by Gasteiger charge is -2.41. The first-order valence-corrected chi connectivity index (χ1v) is 26.2. The molecule has 60 heavy (non-hydrogen) atoms. The number of rotatable bonds is 12. The third-order valence-corrected chi connectivity index (χ3v) is 20.7. The summed E-state index contributed by atoms with van der Waals surface area (Å²) in [6.07, 6.45) is -3.30. The number of aliphatic hydroxyl groups is 5. The monoisotopic (exact) mass is 884 g/mol. The molecule has 2 amide bonds. The lowest BCUT2D eigenvalue weighted by atomic mass is 10.2. The molecule has 0 spiro atoms. The number of hydrogen-bond donors (Lipinski definition) is 8. The molecule has 9 N–H and O–H groups in total. The number of nitrogens with one attached hydrogen (secondary N) is 2. The predicted molar refractivity (Wildman–Crippen MR) is 250 cm³/mol. The smallest absolute Gasteiger partial charge is 0.408 e. The number of ether oxygens (including phenoxy) is 2. The highest BCUT2D eigenvalue weighted by atomic mass is 28.4. The van der Waals surface area contributed by atoms with Gasteiger partial charge in [-0.1, -0.05) is 119 Å². The summed E-state index contributed by atoms with van der Waals surface area (Å²) in [7, 11) is -3.62. The van der Waals surface area contributed by atoms with E-state index in [1.54, 1.807) is 55.4 Å². The highest BCUT2D eigenvalue weighted by molar-refractivity contribution is 7.03. The van der Waals surface area contributed by atoms with Gasteiger partial charge in [-0.2, -0.15) is 0 Å². The average Bonchev–Trinajstić information content (AvgIpc) is 3.10. The molecule has 348 valence electrons. The number of aliphatic hydroxyl groups excluding tert-OH is 5. The summed E-state index contributed by atoms with van der Waals surface area (Å²) in [4.78, 5) is 23.0. The maximum Gasteiger partial charge on any atom is 0.408 e.